The first-order valence-corrected chi connectivity index (χ1v) is 8.98. The van der Waals surface area contributed by atoms with Crippen LogP contribution in [0, 0.1) is 0 Å². The molecule has 2 aromatic rings. The highest BCUT2D eigenvalue weighted by Crippen LogP contribution is 2.15. The summed E-state index contributed by atoms with van der Waals surface area (Å²) in [5.74, 6) is 1.60. The topological polar surface area (TPSA) is 52.0 Å². The Morgan fingerprint density at radius 3 is 2.35 bits per heavy atom. The number of nitrogens with one attached hydrogen (secondary N) is 2. The van der Waals surface area contributed by atoms with Gasteiger partial charge in [-0.15, -0.1) is 0 Å². The highest BCUT2D eigenvalue weighted by molar-refractivity contribution is 6.30. The molecule has 0 bridgehead atoms. The second kappa shape index (κ2) is 10.0. The fourth-order valence-corrected chi connectivity index (χ4v) is 2.51. The lowest BCUT2D eigenvalue weighted by atomic mass is 10.2. The molecule has 0 saturated carbocycles. The summed E-state index contributed by atoms with van der Waals surface area (Å²) in [5.41, 5.74) is 1.04. The molecule has 6 heteroatoms. The van der Waals surface area contributed by atoms with E-state index in [1.54, 1.807) is 19.2 Å². The monoisotopic (exact) mass is 377 g/mol. The first kappa shape index (κ1) is 20.1. The molecule has 0 fully saturated rings. The highest BCUT2D eigenvalue weighted by atomic mass is 35.5. The second-order valence-electron chi connectivity index (χ2n) is 6.19. The Bertz CT molecular complexity index is 689. The molecule has 0 aromatic heterocycles. The maximum absolute atomic E-state index is 12.3. The molecule has 0 aliphatic rings. The van der Waals surface area contributed by atoms with Gasteiger partial charge >= 0.3 is 0 Å². The van der Waals surface area contributed by atoms with Gasteiger partial charge in [-0.25, -0.2) is 0 Å². The molecule has 0 aliphatic carbocycles. The van der Waals surface area contributed by atoms with Gasteiger partial charge in [-0.05, 0) is 48.9 Å². The molecule has 1 unspecified atom stereocenters. The number of halogens is 1. The molecule has 26 heavy (non-hydrogen) atoms. The summed E-state index contributed by atoms with van der Waals surface area (Å²) in [7, 11) is 3.62. The summed E-state index contributed by atoms with van der Waals surface area (Å²) in [4.78, 5) is 13.4. The third kappa shape index (κ3) is 6.24. The van der Waals surface area contributed by atoms with Gasteiger partial charge in [-0.2, -0.15) is 0 Å². The molecule has 0 aliphatic heterocycles. The van der Waals surface area contributed by atoms with Gasteiger partial charge < -0.3 is 19.7 Å². The van der Waals surface area contributed by atoms with Crippen LogP contribution in [0.2, 0.25) is 5.02 Å². The number of carbonyl (C=O) groups excluding carboxylic acids is 1. The smallest absolute Gasteiger partial charge is 0.278 e. The Kier molecular flexibility index (Phi) is 7.75. The van der Waals surface area contributed by atoms with Crippen molar-refractivity contribution >= 4 is 17.5 Å². The normalized spacial score (nSPS) is 12.9. The molecule has 0 radical (unpaired) electrons. The van der Waals surface area contributed by atoms with Crippen molar-refractivity contribution in [2.75, 3.05) is 27.3 Å². The SMILES string of the molecule is COc1ccc(CNC(=O)[C@H](C)[NH+](C)CCOc2ccc(Cl)cc2)cc1. The minimum absolute atomic E-state index is 0.0183. The fourth-order valence-electron chi connectivity index (χ4n) is 2.39. The number of rotatable bonds is 9. The lowest BCUT2D eigenvalue weighted by Gasteiger charge is -2.21. The standard InChI is InChI=1S/C20H25ClN2O3/c1-15(20(24)22-14-16-4-8-18(25-3)9-5-16)23(2)12-13-26-19-10-6-17(21)7-11-19/h4-11,15H,12-14H2,1-3H3,(H,22,24)/p+1/t15-/m0/s1. The van der Waals surface area contributed by atoms with Crippen LogP contribution in [0.4, 0.5) is 0 Å². The summed E-state index contributed by atoms with van der Waals surface area (Å²) >= 11 is 5.85. The van der Waals surface area contributed by atoms with E-state index in [0.717, 1.165) is 28.5 Å². The van der Waals surface area contributed by atoms with Crippen molar-refractivity contribution in [2.24, 2.45) is 0 Å². The number of methoxy groups -OCH3 is 1. The van der Waals surface area contributed by atoms with Crippen LogP contribution >= 0.6 is 11.6 Å². The van der Waals surface area contributed by atoms with Crippen molar-refractivity contribution in [1.29, 1.82) is 0 Å². The van der Waals surface area contributed by atoms with Crippen molar-refractivity contribution in [2.45, 2.75) is 19.5 Å². The van der Waals surface area contributed by atoms with Crippen LogP contribution in [0.1, 0.15) is 12.5 Å². The lowest BCUT2D eigenvalue weighted by molar-refractivity contribution is -0.894. The molecule has 0 spiro atoms. The van der Waals surface area contributed by atoms with Crippen LogP contribution < -0.4 is 19.7 Å². The van der Waals surface area contributed by atoms with E-state index >= 15 is 0 Å². The van der Waals surface area contributed by atoms with Gasteiger partial charge in [0.1, 0.15) is 24.7 Å². The van der Waals surface area contributed by atoms with Crippen molar-refractivity contribution in [3.05, 3.63) is 59.1 Å². The number of carbonyl (C=O) groups is 1. The fraction of sp³-hybridized carbons (Fsp3) is 0.350. The average molecular weight is 378 g/mol. The van der Waals surface area contributed by atoms with Crippen molar-refractivity contribution in [3.63, 3.8) is 0 Å². The Morgan fingerprint density at radius 2 is 1.73 bits per heavy atom. The number of likely N-dealkylation sites (N-methyl/N-ethyl adjacent to an activating group) is 1. The van der Waals surface area contributed by atoms with E-state index in [1.165, 1.54) is 0 Å². The van der Waals surface area contributed by atoms with Crippen LogP contribution in [0.5, 0.6) is 11.5 Å². The quantitative estimate of drug-likeness (QED) is 0.702. The van der Waals surface area contributed by atoms with E-state index in [4.69, 9.17) is 21.1 Å². The molecule has 2 rings (SSSR count). The van der Waals surface area contributed by atoms with Crippen LogP contribution in [-0.4, -0.2) is 39.3 Å². The largest absolute Gasteiger partial charge is 0.497 e. The number of hydrogen-bond acceptors (Lipinski definition) is 3. The molecule has 2 aromatic carbocycles. The van der Waals surface area contributed by atoms with E-state index in [-0.39, 0.29) is 11.9 Å². The number of amides is 1. The van der Waals surface area contributed by atoms with Crippen molar-refractivity contribution in [1.82, 2.24) is 5.32 Å². The zero-order chi connectivity index (χ0) is 18.9. The number of hydrogen-bond donors (Lipinski definition) is 2. The maximum Gasteiger partial charge on any atom is 0.278 e. The minimum atomic E-state index is -0.165. The zero-order valence-electron chi connectivity index (χ0n) is 15.4. The highest BCUT2D eigenvalue weighted by Gasteiger charge is 2.21. The predicted octanol–water partition coefficient (Wildman–Crippen LogP) is 1.95. The molecular weight excluding hydrogens is 352 g/mol. The van der Waals surface area contributed by atoms with E-state index in [2.05, 4.69) is 5.32 Å². The first-order chi connectivity index (χ1) is 12.5. The first-order valence-electron chi connectivity index (χ1n) is 8.61. The summed E-state index contributed by atoms with van der Waals surface area (Å²) in [6.07, 6.45) is 0. The van der Waals surface area contributed by atoms with Crippen LogP contribution in [0.3, 0.4) is 0 Å². The molecule has 0 saturated heterocycles. The summed E-state index contributed by atoms with van der Waals surface area (Å²) in [5, 5.41) is 3.66. The van der Waals surface area contributed by atoms with Crippen LogP contribution in [-0.2, 0) is 11.3 Å². The molecule has 2 atom stereocenters. The summed E-state index contributed by atoms with van der Waals surface area (Å²) in [6.45, 7) is 3.67. The zero-order valence-corrected chi connectivity index (χ0v) is 16.2. The van der Waals surface area contributed by atoms with E-state index in [0.29, 0.717) is 18.2 Å². The summed E-state index contributed by atoms with van der Waals surface area (Å²) < 4.78 is 10.8. The number of quaternary nitrogens is 1. The molecule has 140 valence electrons. The lowest BCUT2D eigenvalue weighted by Crippen LogP contribution is -3.14. The van der Waals surface area contributed by atoms with Gasteiger partial charge in [0.25, 0.3) is 5.91 Å². The average Bonchev–Trinajstić information content (AvgIpc) is 2.67. The minimum Gasteiger partial charge on any atom is -0.497 e. The Morgan fingerprint density at radius 1 is 1.12 bits per heavy atom. The van der Waals surface area contributed by atoms with Crippen molar-refractivity contribution < 1.29 is 19.2 Å². The number of benzene rings is 2. The van der Waals surface area contributed by atoms with E-state index in [9.17, 15) is 4.79 Å². The van der Waals surface area contributed by atoms with Gasteiger partial charge in [-0.3, -0.25) is 4.79 Å². The predicted molar refractivity (Wildman–Crippen MR) is 103 cm³/mol. The third-order valence-corrected chi connectivity index (χ3v) is 4.59. The van der Waals surface area contributed by atoms with E-state index in [1.807, 2.05) is 50.4 Å². The Balaban J connectivity index is 1.72. The third-order valence-electron chi connectivity index (χ3n) is 4.34. The maximum atomic E-state index is 12.3. The molecule has 1 amide bonds. The van der Waals surface area contributed by atoms with Crippen LogP contribution in [0.25, 0.3) is 0 Å². The van der Waals surface area contributed by atoms with Gasteiger partial charge in [-0.1, -0.05) is 23.7 Å². The Labute approximate surface area is 159 Å². The van der Waals surface area contributed by atoms with E-state index < -0.39 is 0 Å². The van der Waals surface area contributed by atoms with Gasteiger partial charge in [0.2, 0.25) is 0 Å². The Hall–Kier alpha value is -2.24. The molecule has 2 N–H and O–H groups in total. The molecular formula is C20H26ClN2O3+. The van der Waals surface area contributed by atoms with Gasteiger partial charge in [0, 0.05) is 11.6 Å². The molecule has 0 heterocycles. The molecule has 5 nitrogen and oxygen atoms in total. The summed E-state index contributed by atoms with van der Waals surface area (Å²) in [6, 6.07) is 14.8. The van der Waals surface area contributed by atoms with Crippen molar-refractivity contribution in [3.8, 4) is 11.5 Å². The van der Waals surface area contributed by atoms with Gasteiger partial charge in [0.05, 0.1) is 14.2 Å². The van der Waals surface area contributed by atoms with Gasteiger partial charge in [0.15, 0.2) is 6.04 Å². The second-order valence-corrected chi connectivity index (χ2v) is 6.62. The van der Waals surface area contributed by atoms with Crippen LogP contribution in [0.15, 0.2) is 48.5 Å². The number of ether oxygens (including phenoxy) is 2.